The van der Waals surface area contributed by atoms with Crippen LogP contribution in [0.25, 0.3) is 0 Å². The Bertz CT molecular complexity index is 749. The van der Waals surface area contributed by atoms with Crippen LogP contribution >= 0.6 is 0 Å². The molecule has 2 aliphatic heterocycles. The highest BCUT2D eigenvalue weighted by Gasteiger charge is 2.38. The predicted molar refractivity (Wildman–Crippen MR) is 106 cm³/mol. The number of nitrogens with zero attached hydrogens (tertiary/aromatic N) is 4. The summed E-state index contributed by atoms with van der Waals surface area (Å²) in [4.78, 5) is 50.0. The molecule has 0 aromatic heterocycles. The standard InChI is InChI=1S/C17H27N5O4.C2HF3O2/c1-2-26-17(25)21-10-8-20(9-11-21)15(23)6-5-14(19)16(24)22-7-3-4-13(22)12-18;3-2(4,5)1(6)7/h13-14H,2-11,19H2,1H3;(H,6,7)/t13-,14-;/m0./s1. The molecular formula is C19H28F3N5O6. The van der Waals surface area contributed by atoms with Crippen LogP contribution in [0, 0.1) is 11.3 Å². The number of halogens is 3. The molecular weight excluding hydrogens is 451 g/mol. The van der Waals surface area contributed by atoms with Gasteiger partial charge in [0.2, 0.25) is 11.8 Å². The largest absolute Gasteiger partial charge is 0.490 e. The topological polar surface area (TPSA) is 157 Å². The summed E-state index contributed by atoms with van der Waals surface area (Å²) in [7, 11) is 0. The number of nitriles is 1. The Morgan fingerprint density at radius 1 is 1.15 bits per heavy atom. The van der Waals surface area contributed by atoms with Gasteiger partial charge in [-0.25, -0.2) is 9.59 Å². The lowest BCUT2D eigenvalue weighted by atomic mass is 10.1. The Kier molecular flexibility index (Phi) is 10.9. The first-order valence-electron chi connectivity index (χ1n) is 10.4. The van der Waals surface area contributed by atoms with Crippen LogP contribution < -0.4 is 5.73 Å². The first-order valence-corrected chi connectivity index (χ1v) is 10.4. The summed E-state index contributed by atoms with van der Waals surface area (Å²) in [6, 6.07) is 0.948. The lowest BCUT2D eigenvalue weighted by Crippen LogP contribution is -2.51. The number of aliphatic carboxylic acids is 1. The van der Waals surface area contributed by atoms with Crippen LogP contribution in [0.5, 0.6) is 0 Å². The minimum absolute atomic E-state index is 0.0741. The summed E-state index contributed by atoms with van der Waals surface area (Å²) < 4.78 is 36.7. The van der Waals surface area contributed by atoms with Crippen LogP contribution in [-0.4, -0.2) is 101 Å². The maximum Gasteiger partial charge on any atom is 0.490 e. The number of alkyl halides is 3. The second kappa shape index (κ2) is 12.8. The third-order valence-electron chi connectivity index (χ3n) is 5.07. The van der Waals surface area contributed by atoms with Gasteiger partial charge >= 0.3 is 18.2 Å². The molecule has 2 aliphatic rings. The van der Waals surface area contributed by atoms with E-state index in [4.69, 9.17) is 25.6 Å². The molecule has 33 heavy (non-hydrogen) atoms. The smallest absolute Gasteiger partial charge is 0.475 e. The molecule has 2 heterocycles. The number of amides is 3. The Balaban J connectivity index is 0.000000675. The SMILES string of the molecule is CCOC(=O)N1CCN(C(=O)CC[C@H](N)C(=O)N2CCC[C@H]2C#N)CC1.O=C(O)C(F)(F)F. The van der Waals surface area contributed by atoms with E-state index in [9.17, 15) is 27.6 Å². The lowest BCUT2D eigenvalue weighted by Gasteiger charge is -2.34. The maximum atomic E-state index is 12.3. The fourth-order valence-electron chi connectivity index (χ4n) is 3.29. The van der Waals surface area contributed by atoms with Crippen LogP contribution in [0.3, 0.4) is 0 Å². The molecule has 3 N–H and O–H groups in total. The molecule has 0 aromatic carbocycles. The number of carboxylic acid groups (broad SMARTS) is 1. The second-order valence-corrected chi connectivity index (χ2v) is 7.33. The minimum atomic E-state index is -5.08. The number of hydrogen-bond donors (Lipinski definition) is 2. The van der Waals surface area contributed by atoms with E-state index < -0.39 is 24.2 Å². The summed E-state index contributed by atoms with van der Waals surface area (Å²) in [5, 5.41) is 16.2. The average molecular weight is 479 g/mol. The zero-order chi connectivity index (χ0) is 25.2. The number of piperazine rings is 1. The number of carboxylic acids is 1. The van der Waals surface area contributed by atoms with E-state index >= 15 is 0 Å². The van der Waals surface area contributed by atoms with E-state index in [0.29, 0.717) is 45.8 Å². The Morgan fingerprint density at radius 3 is 2.18 bits per heavy atom. The van der Waals surface area contributed by atoms with Crippen molar-refractivity contribution >= 4 is 23.9 Å². The minimum Gasteiger partial charge on any atom is -0.475 e. The molecule has 2 atom stereocenters. The van der Waals surface area contributed by atoms with Crippen LogP contribution in [0.2, 0.25) is 0 Å². The van der Waals surface area contributed by atoms with Crippen LogP contribution in [0.15, 0.2) is 0 Å². The number of rotatable bonds is 5. The number of carbonyl (C=O) groups excluding carboxylic acids is 3. The molecule has 11 nitrogen and oxygen atoms in total. The monoisotopic (exact) mass is 479 g/mol. The predicted octanol–water partition coefficient (Wildman–Crippen LogP) is 0.542. The van der Waals surface area contributed by atoms with E-state index in [-0.39, 0.29) is 30.7 Å². The molecule has 3 amide bonds. The molecule has 2 rings (SSSR count). The molecule has 0 saturated carbocycles. The van der Waals surface area contributed by atoms with Crippen molar-refractivity contribution in [3.8, 4) is 6.07 Å². The highest BCUT2D eigenvalue weighted by molar-refractivity contribution is 5.84. The van der Waals surface area contributed by atoms with Crippen molar-refractivity contribution in [1.82, 2.24) is 14.7 Å². The van der Waals surface area contributed by atoms with Crippen molar-refractivity contribution in [3.05, 3.63) is 0 Å². The van der Waals surface area contributed by atoms with Gasteiger partial charge in [0.25, 0.3) is 0 Å². The first-order chi connectivity index (χ1) is 15.4. The van der Waals surface area contributed by atoms with Gasteiger partial charge in [0.05, 0.1) is 18.7 Å². The highest BCUT2D eigenvalue weighted by atomic mass is 19.4. The lowest BCUT2D eigenvalue weighted by molar-refractivity contribution is -0.192. The zero-order valence-electron chi connectivity index (χ0n) is 18.2. The zero-order valence-corrected chi connectivity index (χ0v) is 18.2. The second-order valence-electron chi connectivity index (χ2n) is 7.33. The van der Waals surface area contributed by atoms with E-state index in [1.165, 1.54) is 4.90 Å². The molecule has 2 saturated heterocycles. The van der Waals surface area contributed by atoms with Crippen molar-refractivity contribution in [3.63, 3.8) is 0 Å². The van der Waals surface area contributed by atoms with E-state index in [1.54, 1.807) is 16.7 Å². The summed E-state index contributed by atoms with van der Waals surface area (Å²) >= 11 is 0. The molecule has 0 radical (unpaired) electrons. The van der Waals surface area contributed by atoms with Crippen molar-refractivity contribution in [2.75, 3.05) is 39.3 Å². The fourth-order valence-corrected chi connectivity index (χ4v) is 3.29. The van der Waals surface area contributed by atoms with Crippen molar-refractivity contribution < 1.29 is 42.2 Å². The average Bonchev–Trinajstić information content (AvgIpc) is 3.25. The van der Waals surface area contributed by atoms with E-state index in [1.807, 2.05) is 0 Å². The first kappa shape index (κ1) is 28.0. The molecule has 0 unspecified atom stereocenters. The van der Waals surface area contributed by atoms with Gasteiger partial charge in [-0.05, 0) is 26.2 Å². The van der Waals surface area contributed by atoms with Gasteiger partial charge in [-0.3, -0.25) is 9.59 Å². The van der Waals surface area contributed by atoms with Gasteiger partial charge in [0, 0.05) is 39.1 Å². The summed E-state index contributed by atoms with van der Waals surface area (Å²) in [6.45, 7) is 4.40. The summed E-state index contributed by atoms with van der Waals surface area (Å²) in [6.07, 6.45) is -3.52. The van der Waals surface area contributed by atoms with Crippen molar-refractivity contribution in [2.45, 2.75) is 50.9 Å². The van der Waals surface area contributed by atoms with Crippen LogP contribution in [-0.2, 0) is 19.1 Å². The number of hydrogen-bond acceptors (Lipinski definition) is 7. The van der Waals surface area contributed by atoms with Crippen molar-refractivity contribution in [1.29, 1.82) is 5.26 Å². The van der Waals surface area contributed by atoms with E-state index in [0.717, 1.165) is 6.42 Å². The fraction of sp³-hybridized carbons (Fsp3) is 0.737. The van der Waals surface area contributed by atoms with Crippen molar-refractivity contribution in [2.24, 2.45) is 5.73 Å². The highest BCUT2D eigenvalue weighted by Crippen LogP contribution is 2.18. The molecule has 0 bridgehead atoms. The van der Waals surface area contributed by atoms with Crippen LogP contribution in [0.4, 0.5) is 18.0 Å². The van der Waals surface area contributed by atoms with Gasteiger partial charge in [-0.2, -0.15) is 18.4 Å². The van der Waals surface area contributed by atoms with Gasteiger partial charge in [-0.1, -0.05) is 0 Å². The van der Waals surface area contributed by atoms with Gasteiger partial charge in [0.15, 0.2) is 0 Å². The quantitative estimate of drug-likeness (QED) is 0.578. The maximum absolute atomic E-state index is 12.3. The number of carbonyl (C=O) groups is 4. The number of nitrogens with two attached hydrogens (primary N) is 1. The van der Waals surface area contributed by atoms with Gasteiger partial charge in [-0.15, -0.1) is 0 Å². The number of likely N-dealkylation sites (tertiary alicyclic amines) is 1. The third-order valence-corrected chi connectivity index (χ3v) is 5.07. The Labute approximate surface area is 188 Å². The summed E-state index contributed by atoms with van der Waals surface area (Å²) in [5.41, 5.74) is 5.95. The van der Waals surface area contributed by atoms with E-state index in [2.05, 4.69) is 6.07 Å². The Hall–Kier alpha value is -3.08. The normalized spacial score (nSPS) is 19.2. The number of ether oxygens (including phenoxy) is 1. The van der Waals surface area contributed by atoms with Gasteiger partial charge in [0.1, 0.15) is 6.04 Å². The molecule has 0 aromatic rings. The summed E-state index contributed by atoms with van der Waals surface area (Å²) in [5.74, 6) is -3.09. The van der Waals surface area contributed by atoms with Gasteiger partial charge < -0.3 is 30.3 Å². The molecule has 186 valence electrons. The molecule has 2 fully saturated rings. The molecule has 0 aliphatic carbocycles. The van der Waals surface area contributed by atoms with Crippen LogP contribution in [0.1, 0.15) is 32.6 Å². The molecule has 14 heteroatoms. The molecule has 0 spiro atoms. The third kappa shape index (κ3) is 8.76. The Morgan fingerprint density at radius 2 is 1.70 bits per heavy atom.